The van der Waals surface area contributed by atoms with E-state index in [-0.39, 0.29) is 17.7 Å². The quantitative estimate of drug-likeness (QED) is 0.920. The third kappa shape index (κ3) is 3.57. The van der Waals surface area contributed by atoms with Crippen molar-refractivity contribution in [1.29, 1.82) is 0 Å². The SMILES string of the molecule is CC(C)CC(=O)Nc1ccc2c(c1)CCN2C(=O)C1CCCC1. The zero-order valence-electron chi connectivity index (χ0n) is 14.1. The van der Waals surface area contributed by atoms with Gasteiger partial charge in [-0.2, -0.15) is 0 Å². The van der Waals surface area contributed by atoms with Crippen molar-refractivity contribution in [1.82, 2.24) is 0 Å². The molecule has 0 spiro atoms. The molecule has 1 aromatic rings. The third-order valence-corrected chi connectivity index (χ3v) is 4.82. The average Bonchev–Trinajstić information content (AvgIpc) is 3.15. The number of hydrogen-bond acceptors (Lipinski definition) is 2. The van der Waals surface area contributed by atoms with Gasteiger partial charge in [-0.15, -0.1) is 0 Å². The van der Waals surface area contributed by atoms with Crippen LogP contribution in [0.2, 0.25) is 0 Å². The normalized spacial score (nSPS) is 17.6. The fourth-order valence-electron chi connectivity index (χ4n) is 3.68. The number of rotatable bonds is 4. The lowest BCUT2D eigenvalue weighted by Gasteiger charge is -2.21. The van der Waals surface area contributed by atoms with Crippen LogP contribution in [0, 0.1) is 11.8 Å². The second kappa shape index (κ2) is 6.73. The van der Waals surface area contributed by atoms with Crippen molar-refractivity contribution in [3.8, 4) is 0 Å². The highest BCUT2D eigenvalue weighted by Gasteiger charge is 2.31. The number of carbonyl (C=O) groups is 2. The maximum absolute atomic E-state index is 12.7. The van der Waals surface area contributed by atoms with E-state index in [0.29, 0.717) is 12.3 Å². The first kappa shape index (κ1) is 16.0. The van der Waals surface area contributed by atoms with Gasteiger partial charge in [-0.3, -0.25) is 9.59 Å². The number of anilines is 2. The number of carbonyl (C=O) groups excluding carboxylic acids is 2. The van der Waals surface area contributed by atoms with Crippen LogP contribution < -0.4 is 10.2 Å². The average molecular weight is 314 g/mol. The van der Waals surface area contributed by atoms with Gasteiger partial charge in [-0.25, -0.2) is 0 Å². The summed E-state index contributed by atoms with van der Waals surface area (Å²) in [5.74, 6) is 0.907. The molecule has 1 aromatic carbocycles. The van der Waals surface area contributed by atoms with Crippen LogP contribution in [0.25, 0.3) is 0 Å². The number of nitrogens with one attached hydrogen (secondary N) is 1. The Labute approximate surface area is 138 Å². The number of amides is 2. The Morgan fingerprint density at radius 3 is 2.70 bits per heavy atom. The molecule has 4 nitrogen and oxygen atoms in total. The minimum absolute atomic E-state index is 0.0526. The fraction of sp³-hybridized carbons (Fsp3) is 0.579. The summed E-state index contributed by atoms with van der Waals surface area (Å²) in [6, 6.07) is 5.92. The molecule has 3 rings (SSSR count). The summed E-state index contributed by atoms with van der Waals surface area (Å²) >= 11 is 0. The molecule has 23 heavy (non-hydrogen) atoms. The maximum Gasteiger partial charge on any atom is 0.230 e. The van der Waals surface area contributed by atoms with Gasteiger partial charge in [0.05, 0.1) is 0 Å². The summed E-state index contributed by atoms with van der Waals surface area (Å²) in [6.45, 7) is 4.84. The fourth-order valence-corrected chi connectivity index (χ4v) is 3.68. The van der Waals surface area contributed by atoms with E-state index in [9.17, 15) is 9.59 Å². The lowest BCUT2D eigenvalue weighted by atomic mass is 10.1. The molecule has 1 N–H and O–H groups in total. The molecule has 1 aliphatic heterocycles. The monoisotopic (exact) mass is 314 g/mol. The van der Waals surface area contributed by atoms with Crippen LogP contribution >= 0.6 is 0 Å². The zero-order valence-corrected chi connectivity index (χ0v) is 14.1. The van der Waals surface area contributed by atoms with Gasteiger partial charge >= 0.3 is 0 Å². The van der Waals surface area contributed by atoms with E-state index >= 15 is 0 Å². The van der Waals surface area contributed by atoms with E-state index in [1.54, 1.807) is 0 Å². The molecule has 0 saturated heterocycles. The van der Waals surface area contributed by atoms with Crippen molar-refractivity contribution in [2.45, 2.75) is 52.4 Å². The summed E-state index contributed by atoms with van der Waals surface area (Å²) in [7, 11) is 0. The van der Waals surface area contributed by atoms with E-state index in [1.165, 1.54) is 18.4 Å². The Morgan fingerprint density at radius 1 is 1.26 bits per heavy atom. The summed E-state index contributed by atoms with van der Waals surface area (Å²) in [6.07, 6.45) is 5.84. The smallest absolute Gasteiger partial charge is 0.230 e. The van der Waals surface area contributed by atoms with Crippen molar-refractivity contribution < 1.29 is 9.59 Å². The summed E-state index contributed by atoms with van der Waals surface area (Å²) in [5.41, 5.74) is 3.03. The molecule has 4 heteroatoms. The van der Waals surface area contributed by atoms with Crippen LogP contribution in [-0.2, 0) is 16.0 Å². The molecular formula is C19H26N2O2. The van der Waals surface area contributed by atoms with Crippen molar-refractivity contribution >= 4 is 23.2 Å². The molecule has 0 radical (unpaired) electrons. The van der Waals surface area contributed by atoms with Crippen LogP contribution in [0.4, 0.5) is 11.4 Å². The molecule has 1 saturated carbocycles. The zero-order chi connectivity index (χ0) is 16.4. The minimum Gasteiger partial charge on any atom is -0.326 e. The second-order valence-corrected chi connectivity index (χ2v) is 7.21. The molecule has 1 fully saturated rings. The first-order valence-electron chi connectivity index (χ1n) is 8.78. The Kier molecular flexibility index (Phi) is 4.69. The van der Waals surface area contributed by atoms with Gasteiger partial charge in [0.2, 0.25) is 11.8 Å². The predicted octanol–water partition coefficient (Wildman–Crippen LogP) is 3.75. The molecule has 0 unspecified atom stereocenters. The predicted molar refractivity (Wildman–Crippen MR) is 92.5 cm³/mol. The van der Waals surface area contributed by atoms with Gasteiger partial charge in [0.25, 0.3) is 0 Å². The number of fused-ring (bicyclic) bond motifs is 1. The number of hydrogen-bond donors (Lipinski definition) is 1. The second-order valence-electron chi connectivity index (χ2n) is 7.21. The van der Waals surface area contributed by atoms with Crippen molar-refractivity contribution in [3.63, 3.8) is 0 Å². The standard InChI is InChI=1S/C19H26N2O2/c1-13(2)11-18(22)20-16-7-8-17-15(12-16)9-10-21(17)19(23)14-5-3-4-6-14/h7-8,12-14H,3-6,9-11H2,1-2H3,(H,20,22). The molecule has 2 aliphatic rings. The molecule has 0 aromatic heterocycles. The first-order chi connectivity index (χ1) is 11.0. The van der Waals surface area contributed by atoms with E-state index in [2.05, 4.69) is 5.32 Å². The van der Waals surface area contributed by atoms with Crippen LogP contribution in [0.5, 0.6) is 0 Å². The van der Waals surface area contributed by atoms with Gasteiger partial charge in [0.15, 0.2) is 0 Å². The van der Waals surface area contributed by atoms with Crippen LogP contribution in [0.15, 0.2) is 18.2 Å². The molecule has 2 amide bonds. The van der Waals surface area contributed by atoms with Gasteiger partial charge in [-0.05, 0) is 48.9 Å². The molecule has 1 heterocycles. The van der Waals surface area contributed by atoms with Gasteiger partial charge < -0.3 is 10.2 Å². The van der Waals surface area contributed by atoms with E-state index in [0.717, 1.165) is 37.2 Å². The number of nitrogens with zero attached hydrogens (tertiary/aromatic N) is 1. The molecule has 0 atom stereocenters. The van der Waals surface area contributed by atoms with Crippen LogP contribution in [0.1, 0.15) is 51.5 Å². The van der Waals surface area contributed by atoms with Crippen molar-refractivity contribution in [3.05, 3.63) is 23.8 Å². The Bertz CT molecular complexity index is 603. The highest BCUT2D eigenvalue weighted by Crippen LogP contribution is 2.34. The van der Waals surface area contributed by atoms with Gasteiger partial charge in [0.1, 0.15) is 0 Å². The van der Waals surface area contributed by atoms with Gasteiger partial charge in [0, 0.05) is 30.3 Å². The Balaban J connectivity index is 1.70. The number of benzene rings is 1. The topological polar surface area (TPSA) is 49.4 Å². The molecule has 0 bridgehead atoms. The largest absolute Gasteiger partial charge is 0.326 e. The van der Waals surface area contributed by atoms with E-state index < -0.39 is 0 Å². The maximum atomic E-state index is 12.7. The minimum atomic E-state index is 0.0526. The van der Waals surface area contributed by atoms with E-state index in [1.807, 2.05) is 36.9 Å². The lowest BCUT2D eigenvalue weighted by Crippen LogP contribution is -2.33. The summed E-state index contributed by atoms with van der Waals surface area (Å²) in [4.78, 5) is 26.5. The van der Waals surface area contributed by atoms with Crippen molar-refractivity contribution in [2.75, 3.05) is 16.8 Å². The van der Waals surface area contributed by atoms with Crippen LogP contribution in [-0.4, -0.2) is 18.4 Å². The summed E-state index contributed by atoms with van der Waals surface area (Å²) in [5, 5.41) is 2.96. The molecule has 1 aliphatic carbocycles. The first-order valence-corrected chi connectivity index (χ1v) is 8.78. The van der Waals surface area contributed by atoms with Crippen LogP contribution in [0.3, 0.4) is 0 Å². The highest BCUT2D eigenvalue weighted by molar-refractivity contribution is 5.98. The molecule has 124 valence electrons. The van der Waals surface area contributed by atoms with Crippen molar-refractivity contribution in [2.24, 2.45) is 11.8 Å². The lowest BCUT2D eigenvalue weighted by molar-refractivity contribution is -0.122. The Morgan fingerprint density at radius 2 is 2.00 bits per heavy atom. The Hall–Kier alpha value is -1.84. The molecular weight excluding hydrogens is 288 g/mol. The highest BCUT2D eigenvalue weighted by atomic mass is 16.2. The summed E-state index contributed by atoms with van der Waals surface area (Å²) < 4.78 is 0. The van der Waals surface area contributed by atoms with E-state index in [4.69, 9.17) is 0 Å². The van der Waals surface area contributed by atoms with Gasteiger partial charge in [-0.1, -0.05) is 26.7 Å². The third-order valence-electron chi connectivity index (χ3n) is 4.82.